The van der Waals surface area contributed by atoms with Gasteiger partial charge in [-0.3, -0.25) is 0 Å². The summed E-state index contributed by atoms with van der Waals surface area (Å²) in [6.07, 6.45) is 1.61. The average molecular weight is 374 g/mol. The van der Waals surface area contributed by atoms with Gasteiger partial charge in [-0.15, -0.1) is 0 Å². The number of benzene rings is 1. The molecule has 1 aromatic rings. The van der Waals surface area contributed by atoms with E-state index in [0.717, 1.165) is 12.5 Å². The van der Waals surface area contributed by atoms with Crippen molar-refractivity contribution in [1.82, 2.24) is 0 Å². The van der Waals surface area contributed by atoms with Crippen molar-refractivity contribution in [3.05, 3.63) is 27.7 Å². The van der Waals surface area contributed by atoms with Crippen LogP contribution in [0.4, 0.5) is 0 Å². The van der Waals surface area contributed by atoms with Crippen LogP contribution in [-0.2, 0) is 13.8 Å². The first-order valence-corrected chi connectivity index (χ1v) is 9.31. The lowest BCUT2D eigenvalue weighted by Gasteiger charge is -2.10. The molecule has 0 aliphatic carbocycles. The van der Waals surface area contributed by atoms with Gasteiger partial charge in [0, 0.05) is 10.7 Å². The van der Waals surface area contributed by atoms with Crippen LogP contribution >= 0.6 is 33.9 Å². The van der Waals surface area contributed by atoms with Gasteiger partial charge in [-0.05, 0) is 30.9 Å². The summed E-state index contributed by atoms with van der Waals surface area (Å²) in [5, 5.41) is -0.315. The van der Waals surface area contributed by atoms with Gasteiger partial charge in [0.2, 0.25) is 0 Å². The van der Waals surface area contributed by atoms with Crippen molar-refractivity contribution in [2.45, 2.75) is 31.6 Å². The maximum atomic E-state index is 12.0. The molecular weight excluding hydrogens is 359 g/mol. The van der Waals surface area contributed by atoms with Crippen LogP contribution in [0.15, 0.2) is 17.0 Å². The smallest absolute Gasteiger partial charge is 0.341 e. The van der Waals surface area contributed by atoms with Crippen LogP contribution in [0.1, 0.15) is 37.0 Å². The first-order chi connectivity index (χ1) is 9.64. The van der Waals surface area contributed by atoms with E-state index in [1.807, 2.05) is 0 Å². The average Bonchev–Trinajstić information content (AvgIpc) is 2.32. The van der Waals surface area contributed by atoms with Crippen LogP contribution in [0.3, 0.4) is 0 Å². The van der Waals surface area contributed by atoms with Gasteiger partial charge in [0.1, 0.15) is 4.90 Å². The molecule has 0 atom stereocenters. The van der Waals surface area contributed by atoms with Crippen molar-refractivity contribution in [2.24, 2.45) is 5.92 Å². The predicted molar refractivity (Wildman–Crippen MR) is 83.9 cm³/mol. The number of ether oxygens (including phenoxy) is 1. The molecule has 0 saturated heterocycles. The molecular formula is C13H15Cl3O4S. The van der Waals surface area contributed by atoms with Crippen LogP contribution in [-0.4, -0.2) is 21.0 Å². The highest BCUT2D eigenvalue weighted by atomic mass is 35.7. The van der Waals surface area contributed by atoms with Crippen LogP contribution in [0.5, 0.6) is 0 Å². The van der Waals surface area contributed by atoms with E-state index in [2.05, 4.69) is 13.8 Å². The van der Waals surface area contributed by atoms with E-state index in [4.69, 9.17) is 38.6 Å². The molecule has 8 heteroatoms. The minimum Gasteiger partial charge on any atom is -0.462 e. The predicted octanol–water partition coefficient (Wildman–Crippen LogP) is 4.51. The molecule has 0 aliphatic heterocycles. The van der Waals surface area contributed by atoms with Crippen LogP contribution in [0.2, 0.25) is 10.0 Å². The molecule has 0 unspecified atom stereocenters. The van der Waals surface area contributed by atoms with Gasteiger partial charge < -0.3 is 4.74 Å². The lowest BCUT2D eigenvalue weighted by Crippen LogP contribution is -2.10. The van der Waals surface area contributed by atoms with Gasteiger partial charge >= 0.3 is 5.97 Å². The van der Waals surface area contributed by atoms with E-state index in [1.165, 1.54) is 6.07 Å². The largest absolute Gasteiger partial charge is 0.462 e. The van der Waals surface area contributed by atoms with Gasteiger partial charge in [-0.25, -0.2) is 13.2 Å². The van der Waals surface area contributed by atoms with Crippen LogP contribution in [0.25, 0.3) is 0 Å². The summed E-state index contributed by atoms with van der Waals surface area (Å²) in [6.45, 7) is 4.33. The Balaban J connectivity index is 2.94. The van der Waals surface area contributed by atoms with E-state index < -0.39 is 15.0 Å². The lowest BCUT2D eigenvalue weighted by molar-refractivity contribution is 0.0495. The van der Waals surface area contributed by atoms with Crippen LogP contribution in [0, 0.1) is 5.92 Å². The standard InChI is InChI=1S/C13H15Cl3O4S/c1-8(2)4-3-7-20-13(17)11-9(14)5-6-10(12(11)15)21(16,18)19/h5-6,8H,3-4,7H2,1-2H3. The first kappa shape index (κ1) is 18.6. The Morgan fingerprint density at radius 1 is 1.29 bits per heavy atom. The van der Waals surface area contributed by atoms with E-state index in [9.17, 15) is 13.2 Å². The Morgan fingerprint density at radius 3 is 2.43 bits per heavy atom. The van der Waals surface area contributed by atoms with Crippen molar-refractivity contribution in [1.29, 1.82) is 0 Å². The second-order valence-corrected chi connectivity index (χ2v) is 8.16. The van der Waals surface area contributed by atoms with E-state index in [-0.39, 0.29) is 27.1 Å². The molecule has 0 bridgehead atoms. The Bertz CT molecular complexity index is 627. The molecule has 0 spiro atoms. The van der Waals surface area contributed by atoms with Gasteiger partial charge in [-0.2, -0.15) is 0 Å². The molecule has 4 nitrogen and oxygen atoms in total. The van der Waals surface area contributed by atoms with Gasteiger partial charge in [0.25, 0.3) is 9.05 Å². The van der Waals surface area contributed by atoms with E-state index in [1.54, 1.807) is 0 Å². The number of rotatable bonds is 6. The number of esters is 1. The summed E-state index contributed by atoms with van der Waals surface area (Å²) in [5.41, 5.74) is -0.190. The molecule has 0 N–H and O–H groups in total. The van der Waals surface area contributed by atoms with Gasteiger partial charge in [0.15, 0.2) is 0 Å². The Labute approximate surface area is 138 Å². The zero-order valence-electron chi connectivity index (χ0n) is 11.5. The van der Waals surface area contributed by atoms with Crippen molar-refractivity contribution in [2.75, 3.05) is 6.61 Å². The highest BCUT2D eigenvalue weighted by molar-refractivity contribution is 8.13. The molecule has 118 valence electrons. The number of hydrogen-bond acceptors (Lipinski definition) is 4. The molecule has 0 saturated carbocycles. The third kappa shape index (κ3) is 5.33. The molecule has 1 rings (SSSR count). The summed E-state index contributed by atoms with van der Waals surface area (Å²) in [5.74, 6) is -0.267. The number of hydrogen-bond donors (Lipinski definition) is 0. The molecule has 0 aliphatic rings. The molecule has 0 amide bonds. The van der Waals surface area contributed by atoms with Crippen molar-refractivity contribution < 1.29 is 17.9 Å². The number of carbonyl (C=O) groups excluding carboxylic acids is 1. The first-order valence-electron chi connectivity index (χ1n) is 6.24. The maximum Gasteiger partial charge on any atom is 0.341 e. The SMILES string of the molecule is CC(C)CCCOC(=O)c1c(Cl)ccc(S(=O)(=O)Cl)c1Cl. The summed E-state index contributed by atoms with van der Waals surface area (Å²) in [6, 6.07) is 2.38. The molecule has 0 radical (unpaired) electrons. The van der Waals surface area contributed by atoms with E-state index >= 15 is 0 Å². The Kier molecular flexibility index (Phi) is 6.78. The Morgan fingerprint density at radius 2 is 1.90 bits per heavy atom. The zero-order valence-corrected chi connectivity index (χ0v) is 14.6. The topological polar surface area (TPSA) is 60.4 Å². The fourth-order valence-electron chi connectivity index (χ4n) is 1.64. The summed E-state index contributed by atoms with van der Waals surface area (Å²) < 4.78 is 27.8. The maximum absolute atomic E-state index is 12.0. The van der Waals surface area contributed by atoms with Gasteiger partial charge in [0.05, 0.1) is 22.2 Å². The monoisotopic (exact) mass is 372 g/mol. The minimum absolute atomic E-state index is 0.0120. The quantitative estimate of drug-likeness (QED) is 0.418. The van der Waals surface area contributed by atoms with Crippen LogP contribution < -0.4 is 0 Å². The summed E-state index contributed by atoms with van der Waals surface area (Å²) in [4.78, 5) is 11.6. The minimum atomic E-state index is -4.07. The molecule has 1 aromatic carbocycles. The summed E-state index contributed by atoms with van der Waals surface area (Å²) in [7, 11) is 1.18. The van der Waals surface area contributed by atoms with Crippen molar-refractivity contribution in [3.63, 3.8) is 0 Å². The highest BCUT2D eigenvalue weighted by Gasteiger charge is 2.24. The molecule has 21 heavy (non-hydrogen) atoms. The van der Waals surface area contributed by atoms with Crippen molar-refractivity contribution in [3.8, 4) is 0 Å². The Hall–Kier alpha value is -0.490. The fourth-order valence-corrected chi connectivity index (χ4v) is 3.52. The lowest BCUT2D eigenvalue weighted by atomic mass is 10.1. The molecule has 0 fully saturated rings. The third-order valence-corrected chi connectivity index (χ3v) is 4.87. The number of carbonyl (C=O) groups is 1. The molecule has 0 heterocycles. The fraction of sp³-hybridized carbons (Fsp3) is 0.462. The van der Waals surface area contributed by atoms with E-state index in [0.29, 0.717) is 12.3 Å². The number of halogens is 3. The van der Waals surface area contributed by atoms with Crippen molar-refractivity contribution >= 4 is 48.9 Å². The highest BCUT2D eigenvalue weighted by Crippen LogP contribution is 2.33. The van der Waals surface area contributed by atoms with Gasteiger partial charge in [-0.1, -0.05) is 37.0 Å². The summed E-state index contributed by atoms with van der Waals surface area (Å²) >= 11 is 11.8. The molecule has 0 aromatic heterocycles. The normalized spacial score (nSPS) is 11.7. The zero-order chi connectivity index (χ0) is 16.2. The third-order valence-electron chi connectivity index (χ3n) is 2.68. The second kappa shape index (κ2) is 7.68. The second-order valence-electron chi connectivity index (χ2n) is 4.84.